The first-order chi connectivity index (χ1) is 11.2. The molecule has 2 amide bonds. The molecule has 2 heterocycles. The van der Waals surface area contributed by atoms with E-state index in [4.69, 9.17) is 4.74 Å². The topological polar surface area (TPSA) is 71.5 Å². The summed E-state index contributed by atoms with van der Waals surface area (Å²) < 4.78 is 19.7. The van der Waals surface area contributed by atoms with Crippen molar-refractivity contribution in [1.29, 1.82) is 0 Å². The lowest BCUT2D eigenvalue weighted by atomic mass is 10.2. The van der Waals surface area contributed by atoms with Crippen LogP contribution < -0.4 is 5.32 Å². The molecule has 0 saturated carbocycles. The Morgan fingerprint density at radius 2 is 2.21 bits per heavy atom. The molecule has 1 saturated heterocycles. The Labute approximate surface area is 148 Å². The lowest BCUT2D eigenvalue weighted by Gasteiger charge is -2.27. The number of aromatic nitrogens is 1. The van der Waals surface area contributed by atoms with E-state index in [1.807, 2.05) is 0 Å². The predicted molar refractivity (Wildman–Crippen MR) is 90.0 cm³/mol. The van der Waals surface area contributed by atoms with E-state index in [1.54, 1.807) is 39.1 Å². The summed E-state index contributed by atoms with van der Waals surface area (Å²) in [7, 11) is 0. The van der Waals surface area contributed by atoms with Crippen LogP contribution >= 0.6 is 15.9 Å². The molecule has 24 heavy (non-hydrogen) atoms. The van der Waals surface area contributed by atoms with Crippen LogP contribution in [0.3, 0.4) is 0 Å². The Morgan fingerprint density at radius 1 is 1.50 bits per heavy atom. The van der Waals surface area contributed by atoms with Crippen molar-refractivity contribution in [3.8, 4) is 0 Å². The van der Waals surface area contributed by atoms with Gasteiger partial charge in [0, 0.05) is 19.2 Å². The average Bonchev–Trinajstić information content (AvgIpc) is 2.85. The van der Waals surface area contributed by atoms with Crippen LogP contribution in [-0.4, -0.2) is 46.2 Å². The fourth-order valence-electron chi connectivity index (χ4n) is 2.42. The van der Waals surface area contributed by atoms with Gasteiger partial charge in [0.1, 0.15) is 22.4 Å². The molecule has 2 rings (SSSR count). The van der Waals surface area contributed by atoms with Gasteiger partial charge in [-0.25, -0.2) is 14.2 Å². The summed E-state index contributed by atoms with van der Waals surface area (Å²) in [5, 5.41) is 2.73. The number of rotatable bonds is 3. The van der Waals surface area contributed by atoms with Gasteiger partial charge in [0.15, 0.2) is 0 Å². The number of nitrogens with zero attached hydrogens (tertiary/aromatic N) is 2. The first kappa shape index (κ1) is 18.6. The van der Waals surface area contributed by atoms with E-state index in [9.17, 15) is 14.0 Å². The Bertz CT molecular complexity index is 621. The van der Waals surface area contributed by atoms with Crippen LogP contribution in [0.2, 0.25) is 0 Å². The van der Waals surface area contributed by atoms with Gasteiger partial charge < -0.3 is 10.1 Å². The van der Waals surface area contributed by atoms with Crippen LogP contribution in [0.15, 0.2) is 22.9 Å². The smallest absolute Gasteiger partial charge is 0.411 e. The zero-order chi connectivity index (χ0) is 17.9. The molecule has 1 N–H and O–H groups in total. The number of halogens is 2. The van der Waals surface area contributed by atoms with Gasteiger partial charge >= 0.3 is 6.09 Å². The molecule has 0 spiro atoms. The Morgan fingerprint density at radius 3 is 2.83 bits per heavy atom. The van der Waals surface area contributed by atoms with Crippen molar-refractivity contribution < 1.29 is 18.7 Å². The maximum absolute atomic E-state index is 13.7. The molecule has 0 bridgehead atoms. The molecule has 1 aromatic rings. The summed E-state index contributed by atoms with van der Waals surface area (Å²) in [4.78, 5) is 29.7. The predicted octanol–water partition coefficient (Wildman–Crippen LogP) is 2.81. The molecule has 1 fully saturated rings. The molecular formula is C16H21BrFN3O3. The molecule has 8 heteroatoms. The van der Waals surface area contributed by atoms with E-state index in [0.717, 1.165) is 10.5 Å². The Kier molecular flexibility index (Phi) is 5.79. The van der Waals surface area contributed by atoms with Crippen LogP contribution in [0.1, 0.15) is 32.8 Å². The van der Waals surface area contributed by atoms with Gasteiger partial charge in [0.25, 0.3) is 0 Å². The first-order valence-electron chi connectivity index (χ1n) is 7.67. The van der Waals surface area contributed by atoms with Crippen LogP contribution in [0.25, 0.3) is 0 Å². The summed E-state index contributed by atoms with van der Waals surface area (Å²) in [6.07, 6.45) is -0.311. The monoisotopic (exact) mass is 401 g/mol. The summed E-state index contributed by atoms with van der Waals surface area (Å²) >= 11 is 3.26. The highest BCUT2D eigenvalue weighted by molar-refractivity contribution is 9.10. The number of ether oxygens (including phenoxy) is 1. The van der Waals surface area contributed by atoms with Crippen molar-refractivity contribution in [3.63, 3.8) is 0 Å². The van der Waals surface area contributed by atoms with Gasteiger partial charge in [0.2, 0.25) is 5.91 Å². The van der Waals surface area contributed by atoms with Crippen molar-refractivity contribution >= 4 is 27.9 Å². The molecule has 6 nitrogen and oxygen atoms in total. The number of hydrogen-bond acceptors (Lipinski definition) is 4. The molecule has 0 aromatic carbocycles. The molecular weight excluding hydrogens is 381 g/mol. The molecule has 1 aliphatic rings. The van der Waals surface area contributed by atoms with E-state index in [0.29, 0.717) is 4.60 Å². The fraction of sp³-hybridized carbons (Fsp3) is 0.562. The SMILES string of the molecule is CC(C)(C)OC(=O)N1CC(F)CC1C(=O)NCc1ccnc(Br)c1. The third-order valence-electron chi connectivity index (χ3n) is 3.44. The van der Waals surface area contributed by atoms with Crippen molar-refractivity contribution in [2.75, 3.05) is 6.54 Å². The summed E-state index contributed by atoms with van der Waals surface area (Å²) in [5.41, 5.74) is 0.152. The minimum absolute atomic E-state index is 0.0227. The number of nitrogens with one attached hydrogen (secondary N) is 1. The molecule has 132 valence electrons. The first-order valence-corrected chi connectivity index (χ1v) is 8.47. The molecule has 1 aromatic heterocycles. The average molecular weight is 402 g/mol. The van der Waals surface area contributed by atoms with E-state index >= 15 is 0 Å². The third kappa shape index (κ3) is 5.15. The Balaban J connectivity index is 1.99. The third-order valence-corrected chi connectivity index (χ3v) is 3.87. The van der Waals surface area contributed by atoms with Crippen molar-refractivity contribution in [1.82, 2.24) is 15.2 Å². The van der Waals surface area contributed by atoms with Crippen LogP contribution in [-0.2, 0) is 16.1 Å². The van der Waals surface area contributed by atoms with Gasteiger partial charge in [-0.15, -0.1) is 0 Å². The lowest BCUT2D eigenvalue weighted by Crippen LogP contribution is -2.47. The number of carbonyl (C=O) groups is 2. The number of alkyl halides is 1. The second-order valence-corrected chi connectivity index (χ2v) is 7.50. The molecule has 0 aliphatic carbocycles. The van der Waals surface area contributed by atoms with Gasteiger partial charge in [-0.3, -0.25) is 9.69 Å². The molecule has 2 atom stereocenters. The van der Waals surface area contributed by atoms with Gasteiger partial charge in [-0.05, 0) is 54.4 Å². The molecule has 1 aliphatic heterocycles. The van der Waals surface area contributed by atoms with Gasteiger partial charge in [0.05, 0.1) is 6.54 Å². The lowest BCUT2D eigenvalue weighted by molar-refractivity contribution is -0.125. The molecule has 0 radical (unpaired) electrons. The maximum Gasteiger partial charge on any atom is 0.411 e. The zero-order valence-corrected chi connectivity index (χ0v) is 15.5. The maximum atomic E-state index is 13.7. The quantitative estimate of drug-likeness (QED) is 0.790. The van der Waals surface area contributed by atoms with E-state index in [2.05, 4.69) is 26.2 Å². The van der Waals surface area contributed by atoms with Gasteiger partial charge in [-0.2, -0.15) is 0 Å². The van der Waals surface area contributed by atoms with E-state index in [1.165, 1.54) is 0 Å². The summed E-state index contributed by atoms with van der Waals surface area (Å²) in [6.45, 7) is 5.32. The number of hydrogen-bond donors (Lipinski definition) is 1. The normalized spacial score (nSPS) is 20.8. The zero-order valence-electron chi connectivity index (χ0n) is 13.9. The minimum atomic E-state index is -1.23. The highest BCUT2D eigenvalue weighted by Gasteiger charge is 2.41. The van der Waals surface area contributed by atoms with Crippen molar-refractivity contribution in [2.24, 2.45) is 0 Å². The summed E-state index contributed by atoms with van der Waals surface area (Å²) in [5.74, 6) is -0.394. The van der Waals surface area contributed by atoms with Crippen LogP contribution in [0.4, 0.5) is 9.18 Å². The van der Waals surface area contributed by atoms with Crippen molar-refractivity contribution in [2.45, 2.75) is 51.6 Å². The second-order valence-electron chi connectivity index (χ2n) is 6.69. The number of likely N-dealkylation sites (tertiary alicyclic amines) is 1. The standard InChI is InChI=1S/C16H21BrFN3O3/c1-16(2,3)24-15(23)21-9-11(18)7-12(21)14(22)20-8-10-4-5-19-13(17)6-10/h4-6,11-12H,7-9H2,1-3H3,(H,20,22). The van der Waals surface area contributed by atoms with Gasteiger partial charge in [-0.1, -0.05) is 0 Å². The number of amides is 2. The van der Waals surface area contributed by atoms with Crippen LogP contribution in [0, 0.1) is 0 Å². The largest absolute Gasteiger partial charge is 0.444 e. The Hall–Kier alpha value is -1.70. The highest BCUT2D eigenvalue weighted by atomic mass is 79.9. The highest BCUT2D eigenvalue weighted by Crippen LogP contribution is 2.23. The fourth-order valence-corrected chi connectivity index (χ4v) is 2.83. The van der Waals surface area contributed by atoms with Crippen molar-refractivity contribution in [3.05, 3.63) is 28.5 Å². The van der Waals surface area contributed by atoms with Crippen LogP contribution in [0.5, 0.6) is 0 Å². The molecule has 2 unspecified atom stereocenters. The number of pyridine rings is 1. The summed E-state index contributed by atoms with van der Waals surface area (Å²) in [6, 6.07) is 2.68. The second kappa shape index (κ2) is 7.46. The number of carbonyl (C=O) groups excluding carboxylic acids is 2. The van der Waals surface area contributed by atoms with E-state index in [-0.39, 0.29) is 19.5 Å². The minimum Gasteiger partial charge on any atom is -0.444 e. The van der Waals surface area contributed by atoms with E-state index < -0.39 is 29.8 Å².